The van der Waals surface area contributed by atoms with E-state index in [1.165, 1.54) is 0 Å². The first kappa shape index (κ1) is 15.6. The number of aromatic nitrogens is 2. The smallest absolute Gasteiger partial charge is 0.438 e. The Bertz CT molecular complexity index is 530. The van der Waals surface area contributed by atoms with E-state index in [0.29, 0.717) is 38.4 Å². The van der Waals surface area contributed by atoms with Crippen LogP contribution in [0.2, 0.25) is 0 Å². The van der Waals surface area contributed by atoms with Gasteiger partial charge < -0.3 is 14.4 Å². The Hall–Kier alpha value is -1.83. The van der Waals surface area contributed by atoms with Crippen LogP contribution in [0.5, 0.6) is 0 Å². The van der Waals surface area contributed by atoms with Gasteiger partial charge in [-0.15, -0.1) is 0 Å². The van der Waals surface area contributed by atoms with Gasteiger partial charge in [-0.3, -0.25) is 9.51 Å². The molecule has 2 heterocycles. The number of aryl methyl sites for hydroxylation is 1. The molecule has 8 heteroatoms. The molecule has 1 N–H and O–H groups in total. The molecule has 1 saturated heterocycles. The number of aromatic amines is 1. The minimum atomic E-state index is -0.565. The average Bonchev–Trinajstić information content (AvgIpc) is 2.81. The molecule has 0 bridgehead atoms. The van der Waals surface area contributed by atoms with Crippen LogP contribution in [-0.4, -0.2) is 52.5 Å². The minimum Gasteiger partial charge on any atom is -0.444 e. The highest BCUT2D eigenvalue weighted by Crippen LogP contribution is 2.15. The average molecular weight is 299 g/mol. The minimum absolute atomic E-state index is 0.105. The number of rotatable bonds is 3. The van der Waals surface area contributed by atoms with Crippen LogP contribution < -0.4 is 5.76 Å². The Balaban J connectivity index is 1.83. The van der Waals surface area contributed by atoms with Gasteiger partial charge in [-0.2, -0.15) is 0 Å². The second-order valence-electron chi connectivity index (χ2n) is 6.00. The Morgan fingerprint density at radius 2 is 2.29 bits per heavy atom. The van der Waals surface area contributed by atoms with E-state index in [0.717, 1.165) is 0 Å². The van der Waals surface area contributed by atoms with Crippen LogP contribution in [0.15, 0.2) is 9.32 Å². The number of hydrogen-bond donors (Lipinski definition) is 1. The summed E-state index contributed by atoms with van der Waals surface area (Å²) < 4.78 is 15.4. The van der Waals surface area contributed by atoms with Gasteiger partial charge in [0, 0.05) is 13.0 Å². The number of nitrogens with one attached hydrogen (secondary N) is 1. The highest BCUT2D eigenvalue weighted by Gasteiger charge is 2.28. The molecule has 1 aliphatic rings. The van der Waals surface area contributed by atoms with Gasteiger partial charge in [-0.05, 0) is 27.2 Å². The molecule has 1 aliphatic heterocycles. The van der Waals surface area contributed by atoms with Crippen molar-refractivity contribution in [2.24, 2.45) is 0 Å². The van der Waals surface area contributed by atoms with Gasteiger partial charge in [0.1, 0.15) is 5.60 Å². The molecule has 0 spiro atoms. The lowest BCUT2D eigenvalue weighted by Gasteiger charge is -2.34. The fourth-order valence-corrected chi connectivity index (χ4v) is 2.05. The van der Waals surface area contributed by atoms with Crippen molar-refractivity contribution in [1.82, 2.24) is 15.0 Å². The Labute approximate surface area is 122 Å². The maximum atomic E-state index is 12.0. The van der Waals surface area contributed by atoms with Gasteiger partial charge in [0.25, 0.3) is 0 Å². The molecule has 8 nitrogen and oxygen atoms in total. The lowest BCUT2D eigenvalue weighted by atomic mass is 10.1. The third-order valence-corrected chi connectivity index (χ3v) is 2.98. The number of hydrogen-bond acceptors (Lipinski definition) is 6. The van der Waals surface area contributed by atoms with Crippen molar-refractivity contribution < 1.29 is 18.8 Å². The SMILES string of the molecule is CC(C)(C)OC(=O)N1CCOC(CCc2noc(=O)[nH]2)C1. The zero-order valence-corrected chi connectivity index (χ0v) is 12.5. The van der Waals surface area contributed by atoms with Gasteiger partial charge in [0.2, 0.25) is 0 Å². The van der Waals surface area contributed by atoms with Crippen molar-refractivity contribution in [2.75, 3.05) is 19.7 Å². The van der Waals surface area contributed by atoms with Crippen molar-refractivity contribution in [3.8, 4) is 0 Å². The topological polar surface area (TPSA) is 97.7 Å². The number of carbonyl (C=O) groups excluding carboxylic acids is 1. The van der Waals surface area contributed by atoms with Gasteiger partial charge >= 0.3 is 11.8 Å². The third-order valence-electron chi connectivity index (χ3n) is 2.98. The number of H-pyrrole nitrogens is 1. The normalized spacial score (nSPS) is 19.6. The summed E-state index contributed by atoms with van der Waals surface area (Å²) in [4.78, 5) is 27.0. The molecule has 21 heavy (non-hydrogen) atoms. The largest absolute Gasteiger partial charge is 0.444 e. The van der Waals surface area contributed by atoms with E-state index in [1.54, 1.807) is 4.90 Å². The van der Waals surface area contributed by atoms with E-state index in [4.69, 9.17) is 9.47 Å². The molecule has 0 saturated carbocycles. The molecular weight excluding hydrogens is 278 g/mol. The van der Waals surface area contributed by atoms with Crippen LogP contribution in [0.25, 0.3) is 0 Å². The first-order valence-electron chi connectivity index (χ1n) is 6.98. The van der Waals surface area contributed by atoms with Crippen LogP contribution >= 0.6 is 0 Å². The molecule has 1 atom stereocenters. The van der Waals surface area contributed by atoms with Crippen molar-refractivity contribution in [3.63, 3.8) is 0 Å². The molecule has 1 amide bonds. The van der Waals surface area contributed by atoms with Crippen molar-refractivity contribution in [2.45, 2.75) is 45.3 Å². The lowest BCUT2D eigenvalue weighted by Crippen LogP contribution is -2.47. The number of morpholine rings is 1. The fraction of sp³-hybridized carbons (Fsp3) is 0.769. The van der Waals surface area contributed by atoms with E-state index in [-0.39, 0.29) is 12.2 Å². The summed E-state index contributed by atoms with van der Waals surface area (Å²) in [5.41, 5.74) is -0.509. The van der Waals surface area contributed by atoms with Crippen molar-refractivity contribution >= 4 is 6.09 Å². The van der Waals surface area contributed by atoms with Crippen LogP contribution in [0, 0.1) is 0 Å². The molecule has 118 valence electrons. The monoisotopic (exact) mass is 299 g/mol. The van der Waals surface area contributed by atoms with Gasteiger partial charge in [-0.1, -0.05) is 5.16 Å². The van der Waals surface area contributed by atoms with E-state index in [2.05, 4.69) is 14.7 Å². The van der Waals surface area contributed by atoms with Gasteiger partial charge in [0.15, 0.2) is 5.82 Å². The van der Waals surface area contributed by atoms with E-state index in [1.807, 2.05) is 20.8 Å². The molecule has 1 unspecified atom stereocenters. The highest BCUT2D eigenvalue weighted by molar-refractivity contribution is 5.68. The van der Waals surface area contributed by atoms with Crippen molar-refractivity contribution in [1.29, 1.82) is 0 Å². The second kappa shape index (κ2) is 6.30. The quantitative estimate of drug-likeness (QED) is 0.891. The summed E-state index contributed by atoms with van der Waals surface area (Å²) in [5.74, 6) is -0.0806. The first-order valence-corrected chi connectivity index (χ1v) is 6.98. The highest BCUT2D eigenvalue weighted by atomic mass is 16.6. The molecule has 0 aliphatic carbocycles. The number of carbonyl (C=O) groups is 1. The number of nitrogens with zero attached hydrogens (tertiary/aromatic N) is 2. The Morgan fingerprint density at radius 1 is 1.52 bits per heavy atom. The maximum Gasteiger partial charge on any atom is 0.438 e. The summed E-state index contributed by atoms with van der Waals surface area (Å²) in [6.45, 7) is 6.97. The molecule has 2 rings (SSSR count). The van der Waals surface area contributed by atoms with Gasteiger partial charge in [-0.25, -0.2) is 9.59 Å². The molecule has 1 aromatic rings. The van der Waals surface area contributed by atoms with Crippen molar-refractivity contribution in [3.05, 3.63) is 16.4 Å². The van der Waals surface area contributed by atoms with Crippen LogP contribution in [-0.2, 0) is 15.9 Å². The third kappa shape index (κ3) is 4.89. The molecule has 0 radical (unpaired) electrons. The Morgan fingerprint density at radius 3 is 2.90 bits per heavy atom. The zero-order chi connectivity index (χ0) is 15.5. The standard InChI is InChI=1S/C13H21N3O5/c1-13(2,3)20-12(18)16-6-7-19-9(8-16)4-5-10-14-11(17)21-15-10/h9H,4-8H2,1-3H3,(H,14,15,17). The summed E-state index contributed by atoms with van der Waals surface area (Å²) in [6, 6.07) is 0. The van der Waals surface area contributed by atoms with Crippen LogP contribution in [0.4, 0.5) is 4.79 Å². The second-order valence-corrected chi connectivity index (χ2v) is 6.00. The molecule has 1 fully saturated rings. The zero-order valence-electron chi connectivity index (χ0n) is 12.5. The van der Waals surface area contributed by atoms with E-state index < -0.39 is 11.4 Å². The summed E-state index contributed by atoms with van der Waals surface area (Å²) in [6.07, 6.45) is 0.734. The predicted molar refractivity (Wildman–Crippen MR) is 73.0 cm³/mol. The molecular formula is C13H21N3O5. The predicted octanol–water partition coefficient (Wildman–Crippen LogP) is 0.931. The summed E-state index contributed by atoms with van der Waals surface area (Å²) in [7, 11) is 0. The summed E-state index contributed by atoms with van der Waals surface area (Å²) in [5, 5.41) is 3.60. The van der Waals surface area contributed by atoms with E-state index in [9.17, 15) is 9.59 Å². The fourth-order valence-electron chi connectivity index (χ4n) is 2.05. The first-order chi connectivity index (χ1) is 9.83. The maximum absolute atomic E-state index is 12.0. The van der Waals surface area contributed by atoms with Crippen LogP contribution in [0.1, 0.15) is 33.0 Å². The number of ether oxygens (including phenoxy) is 2. The van der Waals surface area contributed by atoms with Gasteiger partial charge in [0.05, 0.1) is 19.3 Å². The number of amides is 1. The van der Waals surface area contributed by atoms with Crippen LogP contribution in [0.3, 0.4) is 0 Å². The molecule has 1 aromatic heterocycles. The Kier molecular flexibility index (Phi) is 4.66. The summed E-state index contributed by atoms with van der Waals surface area (Å²) >= 11 is 0. The van der Waals surface area contributed by atoms with E-state index >= 15 is 0 Å². The molecule has 0 aromatic carbocycles. The lowest BCUT2D eigenvalue weighted by molar-refractivity contribution is -0.0444.